The van der Waals surface area contributed by atoms with Crippen molar-refractivity contribution in [2.24, 2.45) is 0 Å². The second kappa shape index (κ2) is 5.77. The third-order valence-corrected chi connectivity index (χ3v) is 1.87. The van der Waals surface area contributed by atoms with Gasteiger partial charge in [0, 0.05) is 13.0 Å². The lowest BCUT2D eigenvalue weighted by Crippen LogP contribution is -2.33. The summed E-state index contributed by atoms with van der Waals surface area (Å²) < 4.78 is 10.3. The van der Waals surface area contributed by atoms with Crippen LogP contribution in [0.5, 0.6) is 0 Å². The van der Waals surface area contributed by atoms with Gasteiger partial charge in [0.25, 0.3) is 0 Å². The maximum atomic E-state index is 11.4. The van der Waals surface area contributed by atoms with Gasteiger partial charge >= 0.3 is 0 Å². The first-order valence-corrected chi connectivity index (χ1v) is 5.57. The Balaban J connectivity index is 2.16. The number of aryl methyl sites for hydroxylation is 1. The summed E-state index contributed by atoms with van der Waals surface area (Å²) in [5, 5.41) is 6.38. The molecule has 0 saturated carbocycles. The molecule has 96 valence electrons. The molecule has 0 radical (unpaired) electrons. The van der Waals surface area contributed by atoms with E-state index in [4.69, 9.17) is 9.26 Å². The molecule has 0 aliphatic heterocycles. The van der Waals surface area contributed by atoms with Crippen molar-refractivity contribution in [2.75, 3.05) is 13.2 Å². The van der Waals surface area contributed by atoms with Gasteiger partial charge < -0.3 is 14.6 Å². The molecule has 0 aromatic carbocycles. The van der Waals surface area contributed by atoms with E-state index >= 15 is 0 Å². The number of nitrogens with zero attached hydrogens (tertiary/aromatic N) is 2. The van der Waals surface area contributed by atoms with Crippen LogP contribution in [0.1, 0.15) is 32.5 Å². The van der Waals surface area contributed by atoms with Gasteiger partial charge in [-0.15, -0.1) is 0 Å². The molecule has 0 aliphatic carbocycles. The highest BCUT2D eigenvalue weighted by molar-refractivity contribution is 5.77. The topological polar surface area (TPSA) is 77.2 Å². The van der Waals surface area contributed by atoms with E-state index in [0.717, 1.165) is 0 Å². The standard InChI is InChI=1S/C11H19N3O3/c1-8-13-10(17-14-8)5-6-12-9(15)7-16-11(2,3)4/h5-7H2,1-4H3,(H,12,15). The number of carbonyl (C=O) groups excluding carboxylic acids is 1. The molecule has 17 heavy (non-hydrogen) atoms. The molecular formula is C11H19N3O3. The van der Waals surface area contributed by atoms with Gasteiger partial charge in [-0.2, -0.15) is 4.98 Å². The molecule has 6 nitrogen and oxygen atoms in total. The van der Waals surface area contributed by atoms with Gasteiger partial charge in [-0.1, -0.05) is 5.16 Å². The monoisotopic (exact) mass is 241 g/mol. The van der Waals surface area contributed by atoms with Crippen LogP contribution < -0.4 is 5.32 Å². The molecule has 0 unspecified atom stereocenters. The maximum absolute atomic E-state index is 11.4. The van der Waals surface area contributed by atoms with Gasteiger partial charge in [-0.25, -0.2) is 0 Å². The number of nitrogens with one attached hydrogen (secondary N) is 1. The highest BCUT2D eigenvalue weighted by atomic mass is 16.5. The lowest BCUT2D eigenvalue weighted by atomic mass is 10.2. The summed E-state index contributed by atoms with van der Waals surface area (Å²) in [6.07, 6.45) is 0.530. The number of aromatic nitrogens is 2. The lowest BCUT2D eigenvalue weighted by molar-refractivity contribution is -0.130. The van der Waals surface area contributed by atoms with Crippen molar-refractivity contribution in [3.63, 3.8) is 0 Å². The van der Waals surface area contributed by atoms with E-state index in [9.17, 15) is 4.79 Å². The second-order valence-corrected chi connectivity index (χ2v) is 4.74. The zero-order valence-electron chi connectivity index (χ0n) is 10.7. The van der Waals surface area contributed by atoms with Gasteiger partial charge in [0.05, 0.1) is 5.60 Å². The van der Waals surface area contributed by atoms with E-state index in [1.807, 2.05) is 20.8 Å². The van der Waals surface area contributed by atoms with Crippen LogP contribution in [0, 0.1) is 6.92 Å². The Kier molecular flexibility index (Phi) is 4.62. The lowest BCUT2D eigenvalue weighted by Gasteiger charge is -2.18. The van der Waals surface area contributed by atoms with Gasteiger partial charge in [0.2, 0.25) is 11.8 Å². The zero-order valence-corrected chi connectivity index (χ0v) is 10.7. The van der Waals surface area contributed by atoms with E-state index in [0.29, 0.717) is 24.7 Å². The molecule has 0 bridgehead atoms. The van der Waals surface area contributed by atoms with Crippen LogP contribution in [0.4, 0.5) is 0 Å². The summed E-state index contributed by atoms with van der Waals surface area (Å²) in [6, 6.07) is 0. The molecule has 0 aliphatic rings. The first-order valence-electron chi connectivity index (χ1n) is 5.57. The minimum atomic E-state index is -0.305. The van der Waals surface area contributed by atoms with E-state index in [-0.39, 0.29) is 18.1 Å². The van der Waals surface area contributed by atoms with Gasteiger partial charge in [-0.05, 0) is 27.7 Å². The number of hydrogen-bond acceptors (Lipinski definition) is 5. The largest absolute Gasteiger partial charge is 0.366 e. The van der Waals surface area contributed by atoms with Crippen LogP contribution in [0.15, 0.2) is 4.52 Å². The normalized spacial score (nSPS) is 11.5. The Morgan fingerprint density at radius 2 is 2.18 bits per heavy atom. The second-order valence-electron chi connectivity index (χ2n) is 4.74. The predicted octanol–water partition coefficient (Wildman–Crippen LogP) is 0.852. The third kappa shape index (κ3) is 6.01. The molecule has 0 spiro atoms. The van der Waals surface area contributed by atoms with E-state index in [2.05, 4.69) is 15.5 Å². The van der Waals surface area contributed by atoms with Crippen molar-refractivity contribution in [3.05, 3.63) is 11.7 Å². The predicted molar refractivity (Wildman–Crippen MR) is 61.5 cm³/mol. The molecule has 1 N–H and O–H groups in total. The van der Waals surface area contributed by atoms with Crippen molar-refractivity contribution in [2.45, 2.75) is 39.7 Å². The summed E-state index contributed by atoms with van der Waals surface area (Å²) in [7, 11) is 0. The number of ether oxygens (including phenoxy) is 1. The maximum Gasteiger partial charge on any atom is 0.246 e. The molecule has 1 amide bonds. The Hall–Kier alpha value is -1.43. The SMILES string of the molecule is Cc1noc(CCNC(=O)COC(C)(C)C)n1. The Morgan fingerprint density at radius 3 is 2.71 bits per heavy atom. The van der Waals surface area contributed by atoms with Gasteiger partial charge in [-0.3, -0.25) is 4.79 Å². The summed E-state index contributed by atoms with van der Waals surface area (Å²) in [4.78, 5) is 15.4. The molecule has 1 rings (SSSR count). The first-order chi connectivity index (χ1) is 7.87. The summed E-state index contributed by atoms with van der Waals surface area (Å²) in [5.41, 5.74) is -0.305. The van der Waals surface area contributed by atoms with E-state index < -0.39 is 0 Å². The van der Waals surface area contributed by atoms with Crippen LogP contribution in [-0.4, -0.2) is 34.8 Å². The number of rotatable bonds is 5. The fourth-order valence-electron chi connectivity index (χ4n) is 1.08. The molecule has 0 atom stereocenters. The Morgan fingerprint density at radius 1 is 1.47 bits per heavy atom. The summed E-state index contributed by atoms with van der Waals surface area (Å²) in [6.45, 7) is 7.99. The summed E-state index contributed by atoms with van der Waals surface area (Å²) in [5.74, 6) is 0.984. The first kappa shape index (κ1) is 13.6. The molecular weight excluding hydrogens is 222 g/mol. The highest BCUT2D eigenvalue weighted by Crippen LogP contribution is 2.05. The quantitative estimate of drug-likeness (QED) is 0.827. The number of amides is 1. The van der Waals surface area contributed by atoms with Gasteiger partial charge in [0.1, 0.15) is 6.61 Å². The molecule has 1 heterocycles. The van der Waals surface area contributed by atoms with E-state index in [1.165, 1.54) is 0 Å². The summed E-state index contributed by atoms with van der Waals surface area (Å²) >= 11 is 0. The number of hydrogen-bond donors (Lipinski definition) is 1. The molecule has 0 fully saturated rings. The van der Waals surface area contributed by atoms with Crippen molar-refractivity contribution >= 4 is 5.91 Å². The average Bonchev–Trinajstić information content (AvgIpc) is 2.60. The fraction of sp³-hybridized carbons (Fsp3) is 0.727. The molecule has 1 aromatic rings. The van der Waals surface area contributed by atoms with Crippen molar-refractivity contribution in [1.29, 1.82) is 0 Å². The van der Waals surface area contributed by atoms with Gasteiger partial charge in [0.15, 0.2) is 5.82 Å². The van der Waals surface area contributed by atoms with Crippen molar-refractivity contribution in [3.8, 4) is 0 Å². The van der Waals surface area contributed by atoms with E-state index in [1.54, 1.807) is 6.92 Å². The molecule has 0 saturated heterocycles. The minimum Gasteiger partial charge on any atom is -0.366 e. The minimum absolute atomic E-state index is 0.0619. The highest BCUT2D eigenvalue weighted by Gasteiger charge is 2.12. The Bertz CT molecular complexity index is 368. The van der Waals surface area contributed by atoms with Crippen LogP contribution in [0.2, 0.25) is 0 Å². The fourth-order valence-corrected chi connectivity index (χ4v) is 1.08. The van der Waals surface area contributed by atoms with Crippen molar-refractivity contribution < 1.29 is 14.1 Å². The zero-order chi connectivity index (χ0) is 12.9. The van der Waals surface area contributed by atoms with Crippen LogP contribution in [-0.2, 0) is 16.0 Å². The number of carbonyl (C=O) groups is 1. The van der Waals surface area contributed by atoms with Crippen LogP contribution in [0.25, 0.3) is 0 Å². The molecule has 6 heteroatoms. The van der Waals surface area contributed by atoms with Crippen LogP contribution in [0.3, 0.4) is 0 Å². The molecule has 1 aromatic heterocycles. The third-order valence-electron chi connectivity index (χ3n) is 1.87. The van der Waals surface area contributed by atoms with Crippen LogP contribution >= 0.6 is 0 Å². The van der Waals surface area contributed by atoms with Crippen molar-refractivity contribution in [1.82, 2.24) is 15.5 Å². The average molecular weight is 241 g/mol. The Labute approximate surface area is 101 Å². The smallest absolute Gasteiger partial charge is 0.246 e.